The lowest BCUT2D eigenvalue weighted by atomic mass is 10.2. The number of nitrogens with two attached hydrogens (primary N) is 1. The lowest BCUT2D eigenvalue weighted by Gasteiger charge is -2.15. The molecule has 0 unspecified atom stereocenters. The van der Waals surface area contributed by atoms with Crippen LogP contribution in [0.15, 0.2) is 12.1 Å². The number of anilines is 1. The number of carbonyl (C=O) groups is 1. The van der Waals surface area contributed by atoms with Gasteiger partial charge >= 0.3 is 11.4 Å². The fourth-order valence-electron chi connectivity index (χ4n) is 1.32. The number of rotatable bonds is 4. The quantitative estimate of drug-likeness (QED) is 0.355. The fraction of sp³-hybridized carbons (Fsp3) is 0.222. The smallest absolute Gasteiger partial charge is 0.320 e. The number of aromatic hydroxyl groups is 1. The monoisotopic (exact) mass is 270 g/mol. The van der Waals surface area contributed by atoms with Crippen molar-refractivity contribution in [2.24, 2.45) is 5.84 Å². The number of nitro benzene ring substituents is 2. The van der Waals surface area contributed by atoms with Crippen LogP contribution in [0.1, 0.15) is 13.3 Å². The van der Waals surface area contributed by atoms with Gasteiger partial charge in [0.2, 0.25) is 5.91 Å². The van der Waals surface area contributed by atoms with Gasteiger partial charge in [0, 0.05) is 18.6 Å². The summed E-state index contributed by atoms with van der Waals surface area (Å²) in [6, 6.07) is 1.58. The van der Waals surface area contributed by atoms with Crippen LogP contribution < -0.4 is 10.9 Å². The molecule has 0 aliphatic carbocycles. The molecule has 0 aliphatic heterocycles. The van der Waals surface area contributed by atoms with Crippen molar-refractivity contribution in [3.8, 4) is 5.75 Å². The number of amides is 1. The highest BCUT2D eigenvalue weighted by Crippen LogP contribution is 2.39. The lowest BCUT2D eigenvalue weighted by Crippen LogP contribution is -2.36. The summed E-state index contributed by atoms with van der Waals surface area (Å²) >= 11 is 0. The summed E-state index contributed by atoms with van der Waals surface area (Å²) in [5.41, 5.74) is -2.05. The van der Waals surface area contributed by atoms with Gasteiger partial charge in [-0.3, -0.25) is 25.0 Å². The number of phenolic OH excluding ortho intramolecular Hbond substituents is 1. The summed E-state index contributed by atoms with van der Waals surface area (Å²) in [4.78, 5) is 30.7. The van der Waals surface area contributed by atoms with E-state index in [1.54, 1.807) is 0 Å². The van der Waals surface area contributed by atoms with Crippen molar-refractivity contribution in [2.45, 2.75) is 13.3 Å². The van der Waals surface area contributed by atoms with Gasteiger partial charge in [0.15, 0.2) is 0 Å². The van der Waals surface area contributed by atoms with Crippen LogP contribution in [-0.4, -0.2) is 20.9 Å². The first kappa shape index (κ1) is 14.3. The van der Waals surface area contributed by atoms with E-state index in [-0.39, 0.29) is 12.1 Å². The Morgan fingerprint density at radius 1 is 1.32 bits per heavy atom. The molecule has 0 saturated carbocycles. The first-order valence-electron chi connectivity index (χ1n) is 5.03. The Kier molecular flexibility index (Phi) is 3.97. The van der Waals surface area contributed by atoms with E-state index in [0.29, 0.717) is 5.01 Å². The van der Waals surface area contributed by atoms with Crippen molar-refractivity contribution in [3.63, 3.8) is 0 Å². The highest BCUT2D eigenvalue weighted by atomic mass is 16.6. The second kappa shape index (κ2) is 5.27. The van der Waals surface area contributed by atoms with Crippen molar-refractivity contribution in [3.05, 3.63) is 32.4 Å². The molecule has 0 radical (unpaired) electrons. The highest BCUT2D eigenvalue weighted by Gasteiger charge is 2.28. The minimum absolute atomic E-state index is 0.0129. The first-order valence-corrected chi connectivity index (χ1v) is 5.03. The number of benzene rings is 1. The topological polar surface area (TPSA) is 153 Å². The number of carbonyl (C=O) groups excluding carboxylic acids is 1. The Morgan fingerprint density at radius 2 is 1.74 bits per heavy atom. The SMILES string of the molecule is CCC(=O)N(N)c1cc([N+](=O)[O-])c(O)c([N+](=O)[O-])c1. The van der Waals surface area contributed by atoms with Crippen LogP contribution in [0.4, 0.5) is 17.1 Å². The van der Waals surface area contributed by atoms with E-state index in [4.69, 9.17) is 5.84 Å². The van der Waals surface area contributed by atoms with E-state index < -0.39 is 32.9 Å². The van der Waals surface area contributed by atoms with E-state index in [9.17, 15) is 30.1 Å². The third-order valence-electron chi connectivity index (χ3n) is 2.30. The van der Waals surface area contributed by atoms with Crippen LogP contribution >= 0.6 is 0 Å². The lowest BCUT2D eigenvalue weighted by molar-refractivity contribution is -0.396. The van der Waals surface area contributed by atoms with Gasteiger partial charge < -0.3 is 5.11 Å². The Bertz CT molecular complexity index is 523. The van der Waals surface area contributed by atoms with Gasteiger partial charge in [0.25, 0.3) is 5.75 Å². The standard InChI is InChI=1S/C9H10N4O6/c1-2-8(14)11(10)5-3-6(12(16)17)9(15)7(4-5)13(18)19/h3-4,15H,2,10H2,1H3. The zero-order valence-electron chi connectivity index (χ0n) is 9.77. The zero-order chi connectivity index (χ0) is 14.7. The van der Waals surface area contributed by atoms with Crippen LogP contribution in [0.3, 0.4) is 0 Å². The van der Waals surface area contributed by atoms with Crippen LogP contribution in [0.2, 0.25) is 0 Å². The van der Waals surface area contributed by atoms with Crippen molar-refractivity contribution in [1.82, 2.24) is 0 Å². The predicted octanol–water partition coefficient (Wildman–Crippen LogP) is 0.825. The molecule has 1 amide bonds. The van der Waals surface area contributed by atoms with Crippen LogP contribution in [0, 0.1) is 20.2 Å². The average molecular weight is 270 g/mol. The van der Waals surface area contributed by atoms with E-state index in [1.807, 2.05) is 0 Å². The van der Waals surface area contributed by atoms with Crippen molar-refractivity contribution < 1.29 is 19.7 Å². The number of hydrogen-bond donors (Lipinski definition) is 2. The Morgan fingerprint density at radius 3 is 2.05 bits per heavy atom. The van der Waals surface area contributed by atoms with Gasteiger partial charge in [0.05, 0.1) is 15.5 Å². The van der Waals surface area contributed by atoms with Gasteiger partial charge in [-0.15, -0.1) is 0 Å². The van der Waals surface area contributed by atoms with Gasteiger partial charge in [-0.25, -0.2) is 10.9 Å². The molecule has 0 spiro atoms. The maximum absolute atomic E-state index is 11.4. The number of hydrogen-bond acceptors (Lipinski definition) is 7. The number of nitrogens with zero attached hydrogens (tertiary/aromatic N) is 3. The van der Waals surface area contributed by atoms with E-state index in [1.165, 1.54) is 6.92 Å². The van der Waals surface area contributed by atoms with Gasteiger partial charge in [-0.05, 0) is 0 Å². The van der Waals surface area contributed by atoms with Crippen molar-refractivity contribution in [2.75, 3.05) is 5.01 Å². The summed E-state index contributed by atoms with van der Waals surface area (Å²) in [7, 11) is 0. The maximum Gasteiger partial charge on any atom is 0.320 e. The molecule has 0 fully saturated rings. The molecular weight excluding hydrogens is 260 g/mol. The third kappa shape index (κ3) is 2.74. The van der Waals surface area contributed by atoms with Crippen molar-refractivity contribution >= 4 is 23.0 Å². The van der Waals surface area contributed by atoms with Crippen LogP contribution in [-0.2, 0) is 4.79 Å². The molecular formula is C9H10N4O6. The normalized spacial score (nSPS) is 10.0. The van der Waals surface area contributed by atoms with Gasteiger partial charge in [0.1, 0.15) is 0 Å². The van der Waals surface area contributed by atoms with E-state index in [2.05, 4.69) is 0 Å². The molecule has 0 saturated heterocycles. The predicted molar refractivity (Wildman–Crippen MR) is 63.4 cm³/mol. The highest BCUT2D eigenvalue weighted by molar-refractivity contribution is 5.93. The molecule has 3 N–H and O–H groups in total. The molecule has 10 nitrogen and oxygen atoms in total. The molecule has 0 heterocycles. The van der Waals surface area contributed by atoms with E-state index >= 15 is 0 Å². The zero-order valence-corrected chi connectivity index (χ0v) is 9.77. The Hall–Kier alpha value is -2.75. The molecule has 19 heavy (non-hydrogen) atoms. The van der Waals surface area contributed by atoms with E-state index in [0.717, 1.165) is 12.1 Å². The maximum atomic E-state index is 11.4. The molecule has 0 aliphatic rings. The molecule has 1 rings (SSSR count). The minimum Gasteiger partial charge on any atom is -0.497 e. The Labute approximate surface area is 106 Å². The molecule has 1 aromatic carbocycles. The molecule has 0 aromatic heterocycles. The molecule has 0 bridgehead atoms. The Balaban J connectivity index is 3.47. The summed E-state index contributed by atoms with van der Waals surface area (Å²) in [6.07, 6.45) is 0.0129. The minimum atomic E-state index is -1.09. The molecule has 10 heteroatoms. The number of nitro groups is 2. The second-order valence-corrected chi connectivity index (χ2v) is 3.46. The van der Waals surface area contributed by atoms with Crippen molar-refractivity contribution in [1.29, 1.82) is 0 Å². The average Bonchev–Trinajstić information content (AvgIpc) is 2.36. The fourth-order valence-corrected chi connectivity index (χ4v) is 1.32. The largest absolute Gasteiger partial charge is 0.497 e. The molecule has 1 aromatic rings. The van der Waals surface area contributed by atoms with Crippen LogP contribution in [0.5, 0.6) is 5.75 Å². The van der Waals surface area contributed by atoms with Crippen LogP contribution in [0.25, 0.3) is 0 Å². The summed E-state index contributed by atoms with van der Waals surface area (Å²) < 4.78 is 0. The van der Waals surface area contributed by atoms with Gasteiger partial charge in [-0.1, -0.05) is 6.92 Å². The summed E-state index contributed by atoms with van der Waals surface area (Å²) in [5.74, 6) is 3.72. The molecule has 0 atom stereocenters. The summed E-state index contributed by atoms with van der Waals surface area (Å²) in [6.45, 7) is 1.51. The van der Waals surface area contributed by atoms with Gasteiger partial charge in [-0.2, -0.15) is 0 Å². The second-order valence-electron chi connectivity index (χ2n) is 3.46. The summed E-state index contributed by atoms with van der Waals surface area (Å²) in [5, 5.41) is 31.3. The first-order chi connectivity index (χ1) is 8.79. The number of phenols is 1. The molecule has 102 valence electrons. The third-order valence-corrected chi connectivity index (χ3v) is 2.30. The number of hydrazine groups is 1.